The van der Waals surface area contributed by atoms with Crippen LogP contribution >= 0.6 is 0 Å². The van der Waals surface area contributed by atoms with Crippen LogP contribution < -0.4 is 15.4 Å². The first-order valence-electron chi connectivity index (χ1n) is 8.32. The molecule has 3 rings (SSSR count). The second-order valence-electron chi connectivity index (χ2n) is 5.63. The third-order valence-electron chi connectivity index (χ3n) is 3.83. The van der Waals surface area contributed by atoms with Crippen molar-refractivity contribution >= 4 is 29.1 Å². The van der Waals surface area contributed by atoms with Gasteiger partial charge in [-0.1, -0.05) is 12.1 Å². The number of hydrogen-bond acceptors (Lipinski definition) is 7. The fraction of sp³-hybridized carbons (Fsp3) is 0.100. The molecule has 0 unspecified atom stereocenters. The van der Waals surface area contributed by atoms with Crippen molar-refractivity contribution in [2.45, 2.75) is 0 Å². The van der Waals surface area contributed by atoms with Crippen molar-refractivity contribution in [3.8, 4) is 5.75 Å². The second kappa shape index (κ2) is 8.63. The van der Waals surface area contributed by atoms with Crippen LogP contribution in [-0.2, 0) is 4.74 Å². The van der Waals surface area contributed by atoms with Crippen molar-refractivity contribution in [1.29, 1.82) is 0 Å². The van der Waals surface area contributed by atoms with Crippen molar-refractivity contribution in [1.82, 2.24) is 9.97 Å². The van der Waals surface area contributed by atoms with E-state index < -0.39 is 11.9 Å². The molecule has 0 saturated carbocycles. The summed E-state index contributed by atoms with van der Waals surface area (Å²) < 4.78 is 9.83. The zero-order valence-electron chi connectivity index (χ0n) is 15.3. The summed E-state index contributed by atoms with van der Waals surface area (Å²) in [4.78, 5) is 32.5. The van der Waals surface area contributed by atoms with Gasteiger partial charge in [-0.05, 0) is 36.4 Å². The standard InChI is InChI=1S/C20H18N4O4/c1-27-14-9-7-13(8-10-14)23-18-12-21-17(11-22-18)19(25)24-16-6-4-3-5-15(16)20(26)28-2/h3-12H,1-2H3,(H,22,23)(H,24,25). The first-order chi connectivity index (χ1) is 13.6. The maximum absolute atomic E-state index is 12.4. The van der Waals surface area contributed by atoms with Gasteiger partial charge in [0.2, 0.25) is 0 Å². The second-order valence-corrected chi connectivity index (χ2v) is 5.63. The van der Waals surface area contributed by atoms with Gasteiger partial charge in [-0.2, -0.15) is 0 Å². The monoisotopic (exact) mass is 378 g/mol. The number of nitrogens with one attached hydrogen (secondary N) is 2. The van der Waals surface area contributed by atoms with Gasteiger partial charge in [0.25, 0.3) is 5.91 Å². The number of methoxy groups -OCH3 is 2. The quantitative estimate of drug-likeness (QED) is 0.635. The lowest BCUT2D eigenvalue weighted by Crippen LogP contribution is -2.17. The third kappa shape index (κ3) is 4.42. The van der Waals surface area contributed by atoms with E-state index in [9.17, 15) is 9.59 Å². The molecule has 2 aromatic carbocycles. The highest BCUT2D eigenvalue weighted by Gasteiger charge is 2.15. The van der Waals surface area contributed by atoms with E-state index in [0.29, 0.717) is 11.5 Å². The van der Waals surface area contributed by atoms with Gasteiger partial charge in [-0.15, -0.1) is 0 Å². The van der Waals surface area contributed by atoms with E-state index in [2.05, 4.69) is 20.6 Å². The zero-order chi connectivity index (χ0) is 19.9. The van der Waals surface area contributed by atoms with Crippen molar-refractivity contribution in [2.24, 2.45) is 0 Å². The van der Waals surface area contributed by atoms with E-state index in [4.69, 9.17) is 9.47 Å². The summed E-state index contributed by atoms with van der Waals surface area (Å²) >= 11 is 0. The first-order valence-corrected chi connectivity index (χ1v) is 8.32. The minimum Gasteiger partial charge on any atom is -0.497 e. The molecule has 0 aliphatic rings. The lowest BCUT2D eigenvalue weighted by Gasteiger charge is -2.10. The molecule has 1 amide bonds. The summed E-state index contributed by atoms with van der Waals surface area (Å²) in [6.45, 7) is 0. The van der Waals surface area contributed by atoms with Gasteiger partial charge in [0, 0.05) is 5.69 Å². The molecule has 0 aliphatic heterocycles. The molecular weight excluding hydrogens is 360 g/mol. The summed E-state index contributed by atoms with van der Waals surface area (Å²) in [6.07, 6.45) is 2.80. The number of carbonyl (C=O) groups is 2. The van der Waals surface area contributed by atoms with Crippen LogP contribution in [0.2, 0.25) is 0 Å². The molecule has 8 heteroatoms. The minimum atomic E-state index is -0.541. The third-order valence-corrected chi connectivity index (χ3v) is 3.83. The Hall–Kier alpha value is -3.94. The molecule has 0 aliphatic carbocycles. The Bertz CT molecular complexity index is 972. The fourth-order valence-electron chi connectivity index (χ4n) is 2.40. The van der Waals surface area contributed by atoms with Gasteiger partial charge >= 0.3 is 5.97 Å². The average Bonchev–Trinajstić information content (AvgIpc) is 2.74. The van der Waals surface area contributed by atoms with E-state index in [1.54, 1.807) is 31.4 Å². The fourth-order valence-corrected chi connectivity index (χ4v) is 2.40. The predicted octanol–water partition coefficient (Wildman–Crippen LogP) is 3.27. The first kappa shape index (κ1) is 18.8. The molecule has 28 heavy (non-hydrogen) atoms. The number of amides is 1. The van der Waals surface area contributed by atoms with E-state index in [1.165, 1.54) is 19.5 Å². The van der Waals surface area contributed by atoms with Gasteiger partial charge in [-0.25, -0.2) is 14.8 Å². The lowest BCUT2D eigenvalue weighted by atomic mass is 10.1. The molecule has 2 N–H and O–H groups in total. The van der Waals surface area contributed by atoms with Gasteiger partial charge < -0.3 is 20.1 Å². The number of ether oxygens (including phenoxy) is 2. The van der Waals surface area contributed by atoms with Crippen molar-refractivity contribution in [2.75, 3.05) is 24.9 Å². The van der Waals surface area contributed by atoms with E-state index >= 15 is 0 Å². The molecule has 0 bridgehead atoms. The summed E-state index contributed by atoms with van der Waals surface area (Å²) in [7, 11) is 2.88. The highest BCUT2D eigenvalue weighted by Crippen LogP contribution is 2.19. The van der Waals surface area contributed by atoms with E-state index in [0.717, 1.165) is 11.4 Å². The number of esters is 1. The van der Waals surface area contributed by atoms with E-state index in [-0.39, 0.29) is 11.3 Å². The molecule has 0 spiro atoms. The van der Waals surface area contributed by atoms with Crippen LogP contribution in [0.25, 0.3) is 0 Å². The summed E-state index contributed by atoms with van der Waals surface area (Å²) in [5.74, 6) is 0.202. The van der Waals surface area contributed by atoms with Gasteiger partial charge in [0.05, 0.1) is 37.9 Å². The largest absolute Gasteiger partial charge is 0.497 e. The summed E-state index contributed by atoms with van der Waals surface area (Å²) in [5, 5.41) is 5.73. The molecule has 0 radical (unpaired) electrons. The number of anilines is 3. The number of carbonyl (C=O) groups excluding carboxylic acids is 2. The summed E-state index contributed by atoms with van der Waals surface area (Å²) in [6, 6.07) is 13.9. The number of hydrogen-bond donors (Lipinski definition) is 2. The molecule has 3 aromatic rings. The van der Waals surface area contributed by atoms with Crippen LogP contribution in [0, 0.1) is 0 Å². The van der Waals surface area contributed by atoms with Crippen LogP contribution in [0.4, 0.5) is 17.2 Å². The van der Waals surface area contributed by atoms with Crippen LogP contribution in [0.3, 0.4) is 0 Å². The molecule has 1 heterocycles. The van der Waals surface area contributed by atoms with Crippen LogP contribution in [0.5, 0.6) is 5.75 Å². The maximum Gasteiger partial charge on any atom is 0.339 e. The van der Waals surface area contributed by atoms with Crippen LogP contribution in [0.1, 0.15) is 20.8 Å². The van der Waals surface area contributed by atoms with Crippen molar-refractivity contribution < 1.29 is 19.1 Å². The Balaban J connectivity index is 1.69. The van der Waals surface area contributed by atoms with Gasteiger partial charge in [0.1, 0.15) is 17.3 Å². The van der Waals surface area contributed by atoms with Crippen molar-refractivity contribution in [3.63, 3.8) is 0 Å². The molecule has 0 saturated heterocycles. The average molecular weight is 378 g/mol. The Morgan fingerprint density at radius 1 is 0.929 bits per heavy atom. The van der Waals surface area contributed by atoms with E-state index in [1.807, 2.05) is 24.3 Å². The van der Waals surface area contributed by atoms with Crippen LogP contribution in [-0.4, -0.2) is 36.1 Å². The number of para-hydroxylation sites is 1. The molecule has 8 nitrogen and oxygen atoms in total. The topological polar surface area (TPSA) is 102 Å². The Morgan fingerprint density at radius 3 is 2.32 bits per heavy atom. The van der Waals surface area contributed by atoms with Crippen molar-refractivity contribution in [3.05, 3.63) is 72.2 Å². The molecule has 0 atom stereocenters. The number of rotatable bonds is 6. The number of aromatic nitrogens is 2. The van der Waals surface area contributed by atoms with Gasteiger partial charge in [-0.3, -0.25) is 4.79 Å². The Labute approximate surface area is 161 Å². The molecule has 0 fully saturated rings. The number of benzene rings is 2. The number of nitrogens with zero attached hydrogens (tertiary/aromatic N) is 2. The SMILES string of the molecule is COC(=O)c1ccccc1NC(=O)c1cnc(Nc2ccc(OC)cc2)cn1. The molecule has 142 valence electrons. The molecule has 1 aromatic heterocycles. The Morgan fingerprint density at radius 2 is 1.68 bits per heavy atom. The normalized spacial score (nSPS) is 10.1. The van der Waals surface area contributed by atoms with Crippen LogP contribution in [0.15, 0.2) is 60.9 Å². The highest BCUT2D eigenvalue weighted by atomic mass is 16.5. The van der Waals surface area contributed by atoms with Gasteiger partial charge in [0.15, 0.2) is 0 Å². The summed E-state index contributed by atoms with van der Waals surface area (Å²) in [5.41, 5.74) is 1.50. The smallest absolute Gasteiger partial charge is 0.339 e. The minimum absolute atomic E-state index is 0.111. The molecular formula is C20H18N4O4. The highest BCUT2D eigenvalue weighted by molar-refractivity contribution is 6.06. The lowest BCUT2D eigenvalue weighted by molar-refractivity contribution is 0.0602. The maximum atomic E-state index is 12.4. The Kier molecular flexibility index (Phi) is 5.81. The predicted molar refractivity (Wildman–Crippen MR) is 104 cm³/mol. The zero-order valence-corrected chi connectivity index (χ0v) is 15.3.